The number of carbonyl (C=O) groups excluding carboxylic acids is 1. The lowest BCUT2D eigenvalue weighted by Gasteiger charge is -2.61. The van der Waals surface area contributed by atoms with E-state index in [-0.39, 0.29) is 23.4 Å². The predicted molar refractivity (Wildman–Crippen MR) is 85.0 cm³/mol. The molecule has 5 rings (SSSR count). The smallest absolute Gasteiger partial charge is 0.241 e. The summed E-state index contributed by atoms with van der Waals surface area (Å²) < 4.78 is 0. The summed E-state index contributed by atoms with van der Waals surface area (Å²) in [6, 6.07) is 1.45. The molecule has 1 saturated heterocycles. The maximum absolute atomic E-state index is 13.1. The number of rotatable bonds is 2. The molecule has 5 fully saturated rings. The lowest BCUT2D eigenvalue weighted by Crippen LogP contribution is -2.65. The predicted octanol–water partition coefficient (Wildman–Crippen LogP) is 1.55. The molecule has 3 unspecified atom stereocenters. The summed E-state index contributed by atoms with van der Waals surface area (Å²) in [5.41, 5.74) is 5.67. The fourth-order valence-electron chi connectivity index (χ4n) is 6.55. The highest BCUT2D eigenvalue weighted by Crippen LogP contribution is 2.62. The number of likely N-dealkylation sites (tertiary alicyclic amines) is 1. The van der Waals surface area contributed by atoms with Crippen LogP contribution in [0.2, 0.25) is 0 Å². The number of aliphatic hydroxyl groups is 1. The van der Waals surface area contributed by atoms with Gasteiger partial charge >= 0.3 is 0 Å². The second-order valence-electron chi connectivity index (χ2n) is 8.84. The second-order valence-corrected chi connectivity index (χ2v) is 8.84. The van der Waals surface area contributed by atoms with E-state index in [1.165, 1.54) is 6.42 Å². The SMILES string of the molecule is CC1CC[C@@H](C#N)N1C(=O)[C@@H](N)C12CC3CC(CC(O)(C3)C1)C2. The minimum Gasteiger partial charge on any atom is -0.390 e. The van der Waals surface area contributed by atoms with E-state index < -0.39 is 11.6 Å². The molecular formula is C18H27N3O2. The monoisotopic (exact) mass is 317 g/mol. The average molecular weight is 317 g/mol. The Balaban J connectivity index is 1.60. The lowest BCUT2D eigenvalue weighted by atomic mass is 9.46. The van der Waals surface area contributed by atoms with E-state index in [0.29, 0.717) is 18.3 Å². The highest BCUT2D eigenvalue weighted by atomic mass is 16.3. The molecule has 1 heterocycles. The molecule has 1 aliphatic heterocycles. The number of nitrogens with zero attached hydrogens (tertiary/aromatic N) is 2. The van der Waals surface area contributed by atoms with Crippen LogP contribution < -0.4 is 5.73 Å². The van der Waals surface area contributed by atoms with Crippen molar-refractivity contribution in [2.75, 3.05) is 0 Å². The Morgan fingerprint density at radius 1 is 1.30 bits per heavy atom. The van der Waals surface area contributed by atoms with E-state index >= 15 is 0 Å². The molecule has 0 spiro atoms. The van der Waals surface area contributed by atoms with Gasteiger partial charge in [-0.2, -0.15) is 5.26 Å². The average Bonchev–Trinajstić information content (AvgIpc) is 2.84. The Morgan fingerprint density at radius 3 is 2.52 bits per heavy atom. The van der Waals surface area contributed by atoms with Crippen molar-refractivity contribution in [3.63, 3.8) is 0 Å². The van der Waals surface area contributed by atoms with E-state index in [9.17, 15) is 15.2 Å². The van der Waals surface area contributed by atoms with Crippen molar-refractivity contribution < 1.29 is 9.90 Å². The first kappa shape index (κ1) is 15.4. The van der Waals surface area contributed by atoms with Crippen molar-refractivity contribution in [2.45, 2.75) is 82.0 Å². The second kappa shape index (κ2) is 4.94. The molecule has 0 aromatic heterocycles. The summed E-state index contributed by atoms with van der Waals surface area (Å²) in [7, 11) is 0. The maximum atomic E-state index is 13.1. The summed E-state index contributed by atoms with van der Waals surface area (Å²) >= 11 is 0. The minimum absolute atomic E-state index is 0.0629. The Morgan fingerprint density at radius 2 is 1.96 bits per heavy atom. The van der Waals surface area contributed by atoms with Crippen LogP contribution in [0.25, 0.3) is 0 Å². The molecule has 5 aliphatic rings. The van der Waals surface area contributed by atoms with Gasteiger partial charge in [0.2, 0.25) is 5.91 Å². The first-order valence-corrected chi connectivity index (χ1v) is 9.06. The van der Waals surface area contributed by atoms with E-state index in [0.717, 1.165) is 38.5 Å². The van der Waals surface area contributed by atoms with E-state index in [2.05, 4.69) is 6.07 Å². The van der Waals surface area contributed by atoms with Gasteiger partial charge in [0.15, 0.2) is 0 Å². The van der Waals surface area contributed by atoms with Crippen molar-refractivity contribution in [3.05, 3.63) is 0 Å². The van der Waals surface area contributed by atoms with Crippen molar-refractivity contribution in [1.29, 1.82) is 5.26 Å². The van der Waals surface area contributed by atoms with Gasteiger partial charge in [-0.25, -0.2) is 0 Å². The van der Waals surface area contributed by atoms with Gasteiger partial charge in [0.1, 0.15) is 6.04 Å². The Hall–Kier alpha value is -1.12. The van der Waals surface area contributed by atoms with Crippen LogP contribution in [0.4, 0.5) is 0 Å². The van der Waals surface area contributed by atoms with Gasteiger partial charge < -0.3 is 15.7 Å². The minimum atomic E-state index is -0.604. The van der Waals surface area contributed by atoms with Gasteiger partial charge in [-0.3, -0.25) is 4.79 Å². The molecule has 4 aliphatic carbocycles. The third-order valence-electron chi connectivity index (χ3n) is 7.07. The van der Waals surface area contributed by atoms with Crippen LogP contribution in [0.15, 0.2) is 0 Å². The zero-order valence-corrected chi connectivity index (χ0v) is 13.9. The number of nitrogens with two attached hydrogens (primary N) is 1. The fraction of sp³-hybridized carbons (Fsp3) is 0.889. The van der Waals surface area contributed by atoms with Gasteiger partial charge in [-0.15, -0.1) is 0 Å². The molecule has 126 valence electrons. The van der Waals surface area contributed by atoms with Crippen molar-refractivity contribution in [3.8, 4) is 6.07 Å². The van der Waals surface area contributed by atoms with Gasteiger partial charge in [-0.1, -0.05) is 0 Å². The van der Waals surface area contributed by atoms with Crippen LogP contribution >= 0.6 is 0 Å². The Labute approximate surface area is 137 Å². The Bertz CT molecular complexity index is 555. The number of hydrogen-bond donors (Lipinski definition) is 2. The standard InChI is InChI=1S/C18H27N3O2/c1-11-2-3-14(9-19)21(11)16(22)15(20)17-5-12-4-13(6-17)8-18(23,7-12)10-17/h11-15,23H,2-8,10,20H2,1H3/t11?,12?,13?,14-,15+,17?,18?/m0/s1. The van der Waals surface area contributed by atoms with Gasteiger partial charge in [0.25, 0.3) is 0 Å². The highest BCUT2D eigenvalue weighted by molar-refractivity contribution is 5.84. The van der Waals surface area contributed by atoms with Crippen molar-refractivity contribution in [2.24, 2.45) is 23.0 Å². The first-order valence-electron chi connectivity index (χ1n) is 9.06. The maximum Gasteiger partial charge on any atom is 0.241 e. The van der Waals surface area contributed by atoms with Crippen molar-refractivity contribution >= 4 is 5.91 Å². The molecule has 4 bridgehead atoms. The highest BCUT2D eigenvalue weighted by Gasteiger charge is 2.61. The van der Waals surface area contributed by atoms with Crippen LogP contribution in [0, 0.1) is 28.6 Å². The van der Waals surface area contributed by atoms with E-state index in [1.54, 1.807) is 4.90 Å². The third kappa shape index (κ3) is 2.22. The Kier molecular flexibility index (Phi) is 3.31. The third-order valence-corrected chi connectivity index (χ3v) is 7.07. The summed E-state index contributed by atoms with van der Waals surface area (Å²) in [4.78, 5) is 14.8. The van der Waals surface area contributed by atoms with Gasteiger partial charge in [-0.05, 0) is 75.5 Å². The summed E-state index contributed by atoms with van der Waals surface area (Å²) in [5.74, 6) is 0.970. The van der Waals surface area contributed by atoms with Gasteiger partial charge in [0, 0.05) is 6.04 Å². The van der Waals surface area contributed by atoms with Crippen LogP contribution in [0.5, 0.6) is 0 Å². The largest absolute Gasteiger partial charge is 0.390 e. The molecule has 0 radical (unpaired) electrons. The molecular weight excluding hydrogens is 290 g/mol. The van der Waals surface area contributed by atoms with Crippen molar-refractivity contribution in [1.82, 2.24) is 4.90 Å². The molecule has 0 aromatic carbocycles. The summed E-state index contributed by atoms with van der Waals surface area (Å²) in [6.07, 6.45) is 7.18. The van der Waals surface area contributed by atoms with Crippen LogP contribution in [-0.4, -0.2) is 39.6 Å². The van der Waals surface area contributed by atoms with Gasteiger partial charge in [0.05, 0.1) is 17.7 Å². The zero-order valence-electron chi connectivity index (χ0n) is 13.9. The topological polar surface area (TPSA) is 90.4 Å². The van der Waals surface area contributed by atoms with E-state index in [4.69, 9.17) is 5.73 Å². The molecule has 23 heavy (non-hydrogen) atoms. The first-order chi connectivity index (χ1) is 10.9. The summed E-state index contributed by atoms with van der Waals surface area (Å²) in [5, 5.41) is 20.2. The molecule has 4 saturated carbocycles. The van der Waals surface area contributed by atoms with Crippen LogP contribution in [0.1, 0.15) is 58.3 Å². The number of amides is 1. The van der Waals surface area contributed by atoms with Crippen LogP contribution in [-0.2, 0) is 4.79 Å². The zero-order chi connectivity index (χ0) is 16.4. The molecule has 5 nitrogen and oxygen atoms in total. The molecule has 3 N–H and O–H groups in total. The number of hydrogen-bond acceptors (Lipinski definition) is 4. The molecule has 1 amide bonds. The number of carbonyl (C=O) groups is 1. The summed E-state index contributed by atoms with van der Waals surface area (Å²) in [6.45, 7) is 2.01. The van der Waals surface area contributed by atoms with E-state index in [1.807, 2.05) is 6.92 Å². The number of nitriles is 1. The quantitative estimate of drug-likeness (QED) is 0.808. The lowest BCUT2D eigenvalue weighted by molar-refractivity contribution is -0.177. The van der Waals surface area contributed by atoms with Crippen LogP contribution in [0.3, 0.4) is 0 Å². The fourth-order valence-corrected chi connectivity index (χ4v) is 6.55. The molecule has 5 atom stereocenters. The molecule has 0 aromatic rings. The molecule has 5 heteroatoms. The normalized spacial score (nSPS) is 49.2.